The van der Waals surface area contributed by atoms with Gasteiger partial charge in [0.15, 0.2) is 18.2 Å². The van der Waals surface area contributed by atoms with Gasteiger partial charge >= 0.3 is 12.0 Å². The third kappa shape index (κ3) is 2.90. The van der Waals surface area contributed by atoms with Gasteiger partial charge in [0.1, 0.15) is 6.54 Å². The molecule has 1 N–H and O–H groups in total. The molecule has 2 unspecified atom stereocenters. The van der Waals surface area contributed by atoms with Crippen LogP contribution in [0.1, 0.15) is 25.7 Å². The Hall–Kier alpha value is -2.32. The first-order valence-corrected chi connectivity index (χ1v) is 8.27. The van der Waals surface area contributed by atoms with Gasteiger partial charge in [-0.05, 0) is 12.8 Å². The first kappa shape index (κ1) is 16.5. The second-order valence-corrected chi connectivity index (χ2v) is 6.30. The minimum absolute atomic E-state index is 0.0670. The van der Waals surface area contributed by atoms with E-state index in [-0.39, 0.29) is 6.54 Å². The first-order chi connectivity index (χ1) is 11.5. The number of amides is 3. The number of methoxy groups -OCH3 is 1. The minimum Gasteiger partial charge on any atom is -0.468 e. The number of likely N-dealkylation sites (tertiary alicyclic amines) is 1. The predicted molar refractivity (Wildman–Crippen MR) is 85.1 cm³/mol. The lowest BCUT2D eigenvalue weighted by Gasteiger charge is -2.37. The van der Waals surface area contributed by atoms with Crippen molar-refractivity contribution in [2.24, 2.45) is 4.99 Å². The summed E-state index contributed by atoms with van der Waals surface area (Å²) in [5.74, 6) is -0.264. The summed E-state index contributed by atoms with van der Waals surface area (Å²) in [7, 11) is 2.92. The quantitative estimate of drug-likeness (QED) is 0.688. The van der Waals surface area contributed by atoms with Crippen molar-refractivity contribution in [2.75, 3.05) is 33.8 Å². The van der Waals surface area contributed by atoms with Gasteiger partial charge in [-0.15, -0.1) is 0 Å². The van der Waals surface area contributed by atoms with Crippen LogP contribution in [-0.4, -0.2) is 84.6 Å². The fourth-order valence-corrected chi connectivity index (χ4v) is 3.42. The molecule has 0 aliphatic carbocycles. The van der Waals surface area contributed by atoms with Crippen LogP contribution in [0, 0.1) is 0 Å². The fraction of sp³-hybridized carbons (Fsp3) is 0.733. The van der Waals surface area contributed by atoms with Crippen molar-refractivity contribution in [3.8, 4) is 0 Å². The smallest absolute Gasteiger partial charge is 0.325 e. The molecule has 0 aromatic heterocycles. The van der Waals surface area contributed by atoms with Crippen LogP contribution in [0.3, 0.4) is 0 Å². The number of fused-ring (bicyclic) bond motifs is 1. The van der Waals surface area contributed by atoms with Gasteiger partial charge in [0, 0.05) is 20.1 Å². The number of hydrogen-bond acceptors (Lipinski definition) is 7. The van der Waals surface area contributed by atoms with Crippen LogP contribution < -0.4 is 5.32 Å². The van der Waals surface area contributed by atoms with Gasteiger partial charge in [0.25, 0.3) is 5.91 Å². The molecule has 2 saturated heterocycles. The zero-order valence-corrected chi connectivity index (χ0v) is 14.0. The Kier molecular flexibility index (Phi) is 4.59. The SMILES string of the molecule is COC(=O)CN1C(N2CCCCCC2)=NC2C1C(=O)NC(=O)N2C. The van der Waals surface area contributed by atoms with E-state index in [2.05, 4.69) is 15.2 Å². The topological polar surface area (TPSA) is 94.5 Å². The average Bonchev–Trinajstić information content (AvgIpc) is 2.74. The number of likely N-dealkylation sites (N-methyl/N-ethyl adjacent to an activating group) is 1. The number of ether oxygens (including phenoxy) is 1. The van der Waals surface area contributed by atoms with E-state index in [1.807, 2.05) is 0 Å². The lowest BCUT2D eigenvalue weighted by atomic mass is 10.1. The predicted octanol–water partition coefficient (Wildman–Crippen LogP) is -0.417. The molecule has 0 saturated carbocycles. The number of hydrogen-bond donors (Lipinski definition) is 1. The number of rotatable bonds is 2. The maximum atomic E-state index is 12.4. The molecule has 2 fully saturated rings. The summed E-state index contributed by atoms with van der Waals surface area (Å²) in [5.41, 5.74) is 0. The molecule has 3 heterocycles. The number of esters is 1. The lowest BCUT2D eigenvalue weighted by Crippen LogP contribution is -2.64. The summed E-state index contributed by atoms with van der Waals surface area (Å²) >= 11 is 0. The fourth-order valence-electron chi connectivity index (χ4n) is 3.42. The second kappa shape index (κ2) is 6.66. The molecule has 9 nitrogen and oxygen atoms in total. The molecule has 132 valence electrons. The van der Waals surface area contributed by atoms with Gasteiger partial charge in [-0.25, -0.2) is 9.79 Å². The summed E-state index contributed by atoms with van der Waals surface area (Å²) in [4.78, 5) is 45.9. The van der Waals surface area contributed by atoms with E-state index < -0.39 is 30.1 Å². The summed E-state index contributed by atoms with van der Waals surface area (Å²) in [6, 6.07) is -1.18. The van der Waals surface area contributed by atoms with Gasteiger partial charge in [-0.2, -0.15) is 0 Å². The largest absolute Gasteiger partial charge is 0.468 e. The molecule has 0 aromatic carbocycles. The molecular weight excluding hydrogens is 314 g/mol. The molecule has 3 rings (SSSR count). The normalized spacial score (nSPS) is 27.4. The molecule has 0 spiro atoms. The van der Waals surface area contributed by atoms with E-state index in [1.165, 1.54) is 12.0 Å². The van der Waals surface area contributed by atoms with Gasteiger partial charge in [-0.1, -0.05) is 12.8 Å². The van der Waals surface area contributed by atoms with E-state index in [9.17, 15) is 14.4 Å². The van der Waals surface area contributed by atoms with Crippen molar-refractivity contribution in [3.63, 3.8) is 0 Å². The third-order valence-electron chi connectivity index (χ3n) is 4.75. The maximum Gasteiger partial charge on any atom is 0.325 e. The van der Waals surface area contributed by atoms with Crippen LogP contribution in [0.2, 0.25) is 0 Å². The molecule has 3 aliphatic rings. The Balaban J connectivity index is 1.91. The van der Waals surface area contributed by atoms with Crippen molar-refractivity contribution in [1.82, 2.24) is 20.0 Å². The van der Waals surface area contributed by atoms with E-state index >= 15 is 0 Å². The van der Waals surface area contributed by atoms with Crippen LogP contribution in [-0.2, 0) is 14.3 Å². The number of urea groups is 1. The summed E-state index contributed by atoms with van der Waals surface area (Å²) in [6.07, 6.45) is 3.79. The number of imide groups is 1. The van der Waals surface area contributed by atoms with E-state index in [0.717, 1.165) is 38.8 Å². The van der Waals surface area contributed by atoms with Crippen LogP contribution in [0.15, 0.2) is 4.99 Å². The minimum atomic E-state index is -0.704. The Morgan fingerprint density at radius 2 is 1.92 bits per heavy atom. The van der Waals surface area contributed by atoms with E-state index in [4.69, 9.17) is 4.74 Å². The zero-order valence-electron chi connectivity index (χ0n) is 14.0. The third-order valence-corrected chi connectivity index (χ3v) is 4.75. The number of carbonyl (C=O) groups excluding carboxylic acids is 3. The summed E-state index contributed by atoms with van der Waals surface area (Å²) < 4.78 is 4.77. The lowest BCUT2D eigenvalue weighted by molar-refractivity contribution is -0.142. The molecule has 0 bridgehead atoms. The molecule has 0 radical (unpaired) electrons. The Morgan fingerprint density at radius 3 is 2.54 bits per heavy atom. The van der Waals surface area contributed by atoms with Crippen molar-refractivity contribution >= 4 is 23.9 Å². The van der Waals surface area contributed by atoms with Crippen LogP contribution in [0.5, 0.6) is 0 Å². The summed E-state index contributed by atoms with van der Waals surface area (Å²) in [6.45, 7) is 1.59. The molecule has 9 heteroatoms. The molecule has 0 aromatic rings. The number of guanidine groups is 1. The van der Waals surface area contributed by atoms with Crippen molar-refractivity contribution < 1.29 is 19.1 Å². The first-order valence-electron chi connectivity index (χ1n) is 8.27. The molecule has 3 amide bonds. The Morgan fingerprint density at radius 1 is 1.25 bits per heavy atom. The van der Waals surface area contributed by atoms with Gasteiger partial charge in [0.05, 0.1) is 7.11 Å². The second-order valence-electron chi connectivity index (χ2n) is 6.30. The molecule has 3 aliphatic heterocycles. The highest BCUT2D eigenvalue weighted by atomic mass is 16.5. The number of nitrogens with zero attached hydrogens (tertiary/aromatic N) is 4. The van der Waals surface area contributed by atoms with Crippen molar-refractivity contribution in [1.29, 1.82) is 0 Å². The van der Waals surface area contributed by atoms with Crippen LogP contribution in [0.4, 0.5) is 4.79 Å². The van der Waals surface area contributed by atoms with Crippen molar-refractivity contribution in [2.45, 2.75) is 37.9 Å². The van der Waals surface area contributed by atoms with Gasteiger partial charge < -0.3 is 19.4 Å². The standard InChI is InChI=1S/C15H23N5O4/c1-18-12-11(13(22)17-15(18)23)20(9-10(21)24-2)14(16-12)19-7-5-3-4-6-8-19/h11-12H,3-9H2,1-2H3,(H,17,22,23). The zero-order chi connectivity index (χ0) is 17.3. The van der Waals surface area contributed by atoms with Crippen LogP contribution >= 0.6 is 0 Å². The highest BCUT2D eigenvalue weighted by Gasteiger charge is 2.50. The highest BCUT2D eigenvalue weighted by molar-refractivity contribution is 6.04. The average molecular weight is 337 g/mol. The molecular formula is C15H23N5O4. The van der Waals surface area contributed by atoms with E-state index in [1.54, 1.807) is 11.9 Å². The van der Waals surface area contributed by atoms with Crippen molar-refractivity contribution in [3.05, 3.63) is 0 Å². The summed E-state index contributed by atoms with van der Waals surface area (Å²) in [5, 5.41) is 2.32. The molecule has 24 heavy (non-hydrogen) atoms. The molecule has 2 atom stereocenters. The highest BCUT2D eigenvalue weighted by Crippen LogP contribution is 2.26. The number of aliphatic imine (C=N–C) groups is 1. The maximum absolute atomic E-state index is 12.4. The van der Waals surface area contributed by atoms with E-state index in [0.29, 0.717) is 5.96 Å². The Labute approximate surface area is 140 Å². The number of nitrogens with one attached hydrogen (secondary N) is 1. The van der Waals surface area contributed by atoms with Gasteiger partial charge in [0.2, 0.25) is 0 Å². The van der Waals surface area contributed by atoms with Crippen LogP contribution in [0.25, 0.3) is 0 Å². The number of carbonyl (C=O) groups is 3. The Bertz CT molecular complexity index is 570. The monoisotopic (exact) mass is 337 g/mol. The van der Waals surface area contributed by atoms with Gasteiger partial charge in [-0.3, -0.25) is 14.9 Å².